The van der Waals surface area contributed by atoms with Crippen molar-refractivity contribution in [2.24, 2.45) is 0 Å². The molecule has 0 aliphatic heterocycles. The lowest BCUT2D eigenvalue weighted by molar-refractivity contribution is 0.669. The predicted octanol–water partition coefficient (Wildman–Crippen LogP) is 14.0. The number of nitrogens with one attached hydrogen (secondary N) is 2. The summed E-state index contributed by atoms with van der Waals surface area (Å²) < 4.78 is 19.3. The molecule has 246 valence electrons. The number of H-pyrrole nitrogens is 2. The first kappa shape index (κ1) is 27.5. The SMILES string of the molecule is c1ccc2c(c1)[nH]c1c2ccc2c3cc(-c4ccc5oc6ccc(-c7ccc8oc9c(ccc%10c%11ccccc%11[nH]c%109)c8c7)cc6c5c4)ccc3oc21. The van der Waals surface area contributed by atoms with Gasteiger partial charge in [-0.1, -0.05) is 72.8 Å². The summed E-state index contributed by atoms with van der Waals surface area (Å²) in [5, 5.41) is 11.4. The number of hydrogen-bond acceptors (Lipinski definition) is 3. The Labute approximate surface area is 299 Å². The summed E-state index contributed by atoms with van der Waals surface area (Å²) in [6.45, 7) is 0. The van der Waals surface area contributed by atoms with Gasteiger partial charge in [-0.25, -0.2) is 0 Å². The number of aromatic nitrogens is 2. The van der Waals surface area contributed by atoms with Crippen LogP contribution < -0.4 is 0 Å². The third kappa shape index (κ3) is 3.70. The minimum atomic E-state index is 0.871. The van der Waals surface area contributed by atoms with Crippen molar-refractivity contribution in [1.82, 2.24) is 9.97 Å². The van der Waals surface area contributed by atoms with Gasteiger partial charge >= 0.3 is 0 Å². The fourth-order valence-electron chi connectivity index (χ4n) is 8.80. The highest BCUT2D eigenvalue weighted by Gasteiger charge is 2.18. The molecule has 0 spiro atoms. The molecule has 13 rings (SSSR count). The fraction of sp³-hybridized carbons (Fsp3) is 0. The van der Waals surface area contributed by atoms with Crippen LogP contribution in [-0.2, 0) is 0 Å². The molecule has 0 fully saturated rings. The van der Waals surface area contributed by atoms with Gasteiger partial charge in [0.2, 0.25) is 0 Å². The Bertz CT molecular complexity index is 3450. The Hall–Kier alpha value is -7.24. The molecule has 8 aromatic carbocycles. The molecule has 5 heteroatoms. The van der Waals surface area contributed by atoms with E-state index >= 15 is 0 Å². The lowest BCUT2D eigenvalue weighted by Crippen LogP contribution is -1.79. The Morgan fingerprint density at radius 2 is 0.642 bits per heavy atom. The van der Waals surface area contributed by atoms with Gasteiger partial charge in [0, 0.05) is 64.9 Å². The zero-order valence-electron chi connectivity index (χ0n) is 28.1. The Kier molecular flexibility index (Phi) is 5.06. The molecule has 0 aliphatic carbocycles. The molecule has 5 nitrogen and oxygen atoms in total. The van der Waals surface area contributed by atoms with Crippen LogP contribution in [0.3, 0.4) is 0 Å². The zero-order valence-corrected chi connectivity index (χ0v) is 28.1. The zero-order chi connectivity index (χ0) is 34.4. The summed E-state index contributed by atoms with van der Waals surface area (Å²) in [7, 11) is 0. The van der Waals surface area contributed by atoms with Crippen LogP contribution in [0, 0.1) is 0 Å². The highest BCUT2D eigenvalue weighted by molar-refractivity contribution is 6.22. The van der Waals surface area contributed by atoms with Crippen LogP contribution in [0.1, 0.15) is 0 Å². The molecule has 13 aromatic rings. The highest BCUT2D eigenvalue weighted by Crippen LogP contribution is 2.42. The van der Waals surface area contributed by atoms with Gasteiger partial charge in [0.05, 0.1) is 11.0 Å². The molecule has 0 amide bonds. The largest absolute Gasteiger partial charge is 0.456 e. The van der Waals surface area contributed by atoms with E-state index in [9.17, 15) is 0 Å². The van der Waals surface area contributed by atoms with E-state index in [-0.39, 0.29) is 0 Å². The number of furan rings is 3. The minimum absolute atomic E-state index is 0.871. The van der Waals surface area contributed by atoms with E-state index in [1.807, 2.05) is 0 Å². The van der Waals surface area contributed by atoms with Crippen LogP contribution >= 0.6 is 0 Å². The van der Waals surface area contributed by atoms with Crippen molar-refractivity contribution in [2.75, 3.05) is 0 Å². The molecule has 5 heterocycles. The number of aromatic amines is 2. The third-order valence-electron chi connectivity index (χ3n) is 11.4. The van der Waals surface area contributed by atoms with E-state index in [2.05, 4.69) is 156 Å². The summed E-state index contributed by atoms with van der Waals surface area (Å²) in [4.78, 5) is 7.19. The molecule has 0 unspecified atom stereocenters. The maximum atomic E-state index is 6.48. The maximum absolute atomic E-state index is 6.48. The number of fused-ring (bicyclic) bond motifs is 17. The van der Waals surface area contributed by atoms with E-state index in [1.165, 1.54) is 21.5 Å². The fourth-order valence-corrected chi connectivity index (χ4v) is 8.80. The van der Waals surface area contributed by atoms with Crippen molar-refractivity contribution >= 4 is 109 Å². The van der Waals surface area contributed by atoms with Crippen molar-refractivity contribution < 1.29 is 13.3 Å². The molecule has 0 saturated carbocycles. The predicted molar refractivity (Wildman–Crippen MR) is 218 cm³/mol. The normalized spacial score (nSPS) is 12.5. The molecule has 0 bridgehead atoms. The van der Waals surface area contributed by atoms with Crippen LogP contribution in [0.4, 0.5) is 0 Å². The molecule has 0 aliphatic rings. The van der Waals surface area contributed by atoms with Gasteiger partial charge in [-0.3, -0.25) is 0 Å². The van der Waals surface area contributed by atoms with Crippen LogP contribution in [-0.4, -0.2) is 9.97 Å². The van der Waals surface area contributed by atoms with Gasteiger partial charge in [-0.05, 0) is 95.1 Å². The van der Waals surface area contributed by atoms with E-state index < -0.39 is 0 Å². The molecule has 2 N–H and O–H groups in total. The number of hydrogen-bond donors (Lipinski definition) is 2. The molecule has 5 aromatic heterocycles. The summed E-state index contributed by atoms with van der Waals surface area (Å²) in [6, 6.07) is 51.5. The van der Waals surface area contributed by atoms with E-state index in [4.69, 9.17) is 13.3 Å². The minimum Gasteiger partial charge on any atom is -0.456 e. The summed E-state index contributed by atoms with van der Waals surface area (Å²) in [5.74, 6) is 0. The Morgan fingerprint density at radius 3 is 1.08 bits per heavy atom. The quantitative estimate of drug-likeness (QED) is 0.191. The molecular weight excluding hydrogens is 653 g/mol. The second kappa shape index (κ2) is 9.75. The molecule has 0 saturated heterocycles. The van der Waals surface area contributed by atoms with Crippen molar-refractivity contribution in [3.63, 3.8) is 0 Å². The topological polar surface area (TPSA) is 71.0 Å². The van der Waals surface area contributed by atoms with Gasteiger partial charge in [-0.2, -0.15) is 0 Å². The Balaban J connectivity index is 0.930. The number of benzene rings is 8. The average molecular weight is 679 g/mol. The molecule has 53 heavy (non-hydrogen) atoms. The van der Waals surface area contributed by atoms with Crippen molar-refractivity contribution in [3.8, 4) is 22.3 Å². The van der Waals surface area contributed by atoms with Crippen molar-refractivity contribution in [1.29, 1.82) is 0 Å². The summed E-state index contributed by atoms with van der Waals surface area (Å²) >= 11 is 0. The van der Waals surface area contributed by atoms with E-state index in [0.717, 1.165) is 110 Å². The first-order chi connectivity index (χ1) is 26.2. The monoisotopic (exact) mass is 678 g/mol. The highest BCUT2D eigenvalue weighted by atomic mass is 16.3. The van der Waals surface area contributed by atoms with Gasteiger partial charge in [0.1, 0.15) is 22.3 Å². The number of rotatable bonds is 2. The average Bonchev–Trinajstić information content (AvgIpc) is 4.02. The van der Waals surface area contributed by atoms with Gasteiger partial charge in [0.25, 0.3) is 0 Å². The van der Waals surface area contributed by atoms with Crippen LogP contribution in [0.15, 0.2) is 159 Å². The summed E-state index contributed by atoms with van der Waals surface area (Å²) in [5.41, 5.74) is 14.1. The lowest BCUT2D eigenvalue weighted by Gasteiger charge is -2.04. The van der Waals surface area contributed by atoms with Crippen molar-refractivity contribution in [3.05, 3.63) is 146 Å². The first-order valence-electron chi connectivity index (χ1n) is 17.9. The van der Waals surface area contributed by atoms with Crippen LogP contribution in [0.25, 0.3) is 132 Å². The van der Waals surface area contributed by atoms with Crippen LogP contribution in [0.5, 0.6) is 0 Å². The first-order valence-corrected chi connectivity index (χ1v) is 17.9. The second-order valence-electron chi connectivity index (χ2n) is 14.2. The standard InChI is InChI=1S/C48H26N2O3/c1-3-7-39-29(5-1)31-13-15-33-35-21-25(11-19-43(35)52-47(33)45(31)49-39)27-9-17-41-37(23-27)38-24-28(10-18-42(38)51-41)26-12-20-44-36(22-26)34-16-14-32-30-6-2-4-8-40(30)50-46(32)48(34)53-44/h1-24,49-50H. The van der Waals surface area contributed by atoms with Gasteiger partial charge in [-0.15, -0.1) is 0 Å². The van der Waals surface area contributed by atoms with Crippen LogP contribution in [0.2, 0.25) is 0 Å². The lowest BCUT2D eigenvalue weighted by atomic mass is 9.98. The second-order valence-corrected chi connectivity index (χ2v) is 14.2. The summed E-state index contributed by atoms with van der Waals surface area (Å²) in [6.07, 6.45) is 0. The maximum Gasteiger partial charge on any atom is 0.159 e. The van der Waals surface area contributed by atoms with Gasteiger partial charge in [0.15, 0.2) is 11.2 Å². The van der Waals surface area contributed by atoms with Crippen molar-refractivity contribution in [2.45, 2.75) is 0 Å². The van der Waals surface area contributed by atoms with Gasteiger partial charge < -0.3 is 23.2 Å². The smallest absolute Gasteiger partial charge is 0.159 e. The Morgan fingerprint density at radius 1 is 0.283 bits per heavy atom. The van der Waals surface area contributed by atoms with E-state index in [0.29, 0.717) is 0 Å². The molecule has 0 atom stereocenters. The molecular formula is C48H26N2O3. The molecule has 0 radical (unpaired) electrons. The number of para-hydroxylation sites is 2. The third-order valence-corrected chi connectivity index (χ3v) is 11.4. The van der Waals surface area contributed by atoms with E-state index in [1.54, 1.807) is 0 Å².